The Hall–Kier alpha value is -2.14. The summed E-state index contributed by atoms with van der Waals surface area (Å²) in [6, 6.07) is 7.71. The minimum Gasteiger partial charge on any atom is -0.348 e. The third-order valence-electron chi connectivity index (χ3n) is 3.68. The van der Waals surface area contributed by atoms with Crippen LogP contribution in [0.25, 0.3) is 0 Å². The largest absolute Gasteiger partial charge is 0.348 e. The van der Waals surface area contributed by atoms with E-state index in [9.17, 15) is 4.79 Å². The van der Waals surface area contributed by atoms with Gasteiger partial charge < -0.3 is 14.8 Å². The van der Waals surface area contributed by atoms with Crippen LogP contribution in [0.5, 0.6) is 0 Å². The van der Waals surface area contributed by atoms with Crippen molar-refractivity contribution in [3.05, 3.63) is 53.1 Å². The zero-order valence-electron chi connectivity index (χ0n) is 13.8. The molecule has 0 aliphatic carbocycles. The second kappa shape index (κ2) is 7.22. The maximum atomic E-state index is 12.8. The maximum Gasteiger partial charge on any atom is 0.254 e. The van der Waals surface area contributed by atoms with Gasteiger partial charge in [-0.05, 0) is 40.1 Å². The fourth-order valence-electron chi connectivity index (χ4n) is 2.18. The Morgan fingerprint density at radius 1 is 1.14 bits per heavy atom. The average molecular weight is 300 g/mol. The number of benzene rings is 1. The number of hydrogen-bond donors (Lipinski definition) is 1. The third kappa shape index (κ3) is 4.18. The fourth-order valence-corrected chi connectivity index (χ4v) is 2.18. The van der Waals surface area contributed by atoms with Crippen LogP contribution in [0.4, 0.5) is 0 Å². The zero-order valence-corrected chi connectivity index (χ0v) is 13.8. The Kier molecular flexibility index (Phi) is 5.33. The first-order chi connectivity index (χ1) is 10.5. The molecule has 118 valence electrons. The molecule has 1 aromatic heterocycles. The summed E-state index contributed by atoms with van der Waals surface area (Å²) in [5, 5.41) is 0. The van der Waals surface area contributed by atoms with Crippen molar-refractivity contribution in [1.82, 2.24) is 19.8 Å². The molecule has 2 aromatic rings. The molecule has 5 nitrogen and oxygen atoms in total. The molecule has 0 unspecified atom stereocenters. The van der Waals surface area contributed by atoms with E-state index in [1.165, 1.54) is 0 Å². The van der Waals surface area contributed by atoms with Gasteiger partial charge in [0.2, 0.25) is 0 Å². The lowest BCUT2D eigenvalue weighted by Crippen LogP contribution is -2.36. The lowest BCUT2D eigenvalue weighted by molar-refractivity contribution is 0.0730. The number of rotatable bonds is 6. The standard InChI is InChI=1S/C17H24N4O/c1-13-5-7-15(8-6-13)17(22)21(10-9-20(3)4)11-16-14(2)18-12-19-16/h5-8,12H,9-11H2,1-4H3,(H,18,19). The maximum absolute atomic E-state index is 12.8. The average Bonchev–Trinajstić information content (AvgIpc) is 2.88. The summed E-state index contributed by atoms with van der Waals surface area (Å²) in [5.74, 6) is 0.0456. The second-order valence-electron chi connectivity index (χ2n) is 5.87. The predicted molar refractivity (Wildman–Crippen MR) is 87.8 cm³/mol. The van der Waals surface area contributed by atoms with Gasteiger partial charge in [-0.2, -0.15) is 0 Å². The van der Waals surface area contributed by atoms with Crippen molar-refractivity contribution in [2.45, 2.75) is 20.4 Å². The van der Waals surface area contributed by atoms with Crippen LogP contribution in [0.15, 0.2) is 30.6 Å². The second-order valence-corrected chi connectivity index (χ2v) is 5.87. The van der Waals surface area contributed by atoms with Gasteiger partial charge in [-0.25, -0.2) is 4.98 Å². The van der Waals surface area contributed by atoms with Crippen LogP contribution in [0.2, 0.25) is 0 Å². The Morgan fingerprint density at radius 2 is 1.82 bits per heavy atom. The van der Waals surface area contributed by atoms with Crippen LogP contribution in [0, 0.1) is 13.8 Å². The SMILES string of the molecule is Cc1ccc(C(=O)N(CCN(C)C)Cc2nc[nH]c2C)cc1. The van der Waals surface area contributed by atoms with Crippen LogP contribution in [-0.4, -0.2) is 52.9 Å². The van der Waals surface area contributed by atoms with E-state index in [1.807, 2.05) is 57.1 Å². The quantitative estimate of drug-likeness (QED) is 0.890. The van der Waals surface area contributed by atoms with E-state index in [-0.39, 0.29) is 5.91 Å². The van der Waals surface area contributed by atoms with E-state index in [0.29, 0.717) is 13.1 Å². The van der Waals surface area contributed by atoms with Gasteiger partial charge in [0, 0.05) is 24.3 Å². The summed E-state index contributed by atoms with van der Waals surface area (Å²) in [7, 11) is 4.02. The first-order valence-corrected chi connectivity index (χ1v) is 7.47. The van der Waals surface area contributed by atoms with E-state index >= 15 is 0 Å². The molecule has 0 bridgehead atoms. The number of carbonyl (C=O) groups is 1. The van der Waals surface area contributed by atoms with E-state index in [2.05, 4.69) is 14.9 Å². The number of amides is 1. The van der Waals surface area contributed by atoms with Crippen molar-refractivity contribution in [3.63, 3.8) is 0 Å². The van der Waals surface area contributed by atoms with Crippen molar-refractivity contribution in [1.29, 1.82) is 0 Å². The first kappa shape index (κ1) is 16.2. The molecule has 0 radical (unpaired) electrons. The molecule has 0 saturated heterocycles. The van der Waals surface area contributed by atoms with Gasteiger partial charge in [0.15, 0.2) is 0 Å². The number of aromatic amines is 1. The molecule has 5 heteroatoms. The van der Waals surface area contributed by atoms with E-state index in [0.717, 1.165) is 29.1 Å². The van der Waals surface area contributed by atoms with Gasteiger partial charge in [-0.1, -0.05) is 17.7 Å². The molecule has 0 aliphatic rings. The molecule has 0 saturated carbocycles. The van der Waals surface area contributed by atoms with Gasteiger partial charge >= 0.3 is 0 Å². The Morgan fingerprint density at radius 3 is 2.36 bits per heavy atom. The number of likely N-dealkylation sites (N-methyl/N-ethyl adjacent to an activating group) is 1. The number of aryl methyl sites for hydroxylation is 2. The Labute approximate surface area is 132 Å². The highest BCUT2D eigenvalue weighted by Gasteiger charge is 2.18. The summed E-state index contributed by atoms with van der Waals surface area (Å²) in [5.41, 5.74) is 3.79. The smallest absolute Gasteiger partial charge is 0.254 e. The van der Waals surface area contributed by atoms with E-state index in [4.69, 9.17) is 0 Å². The third-order valence-corrected chi connectivity index (χ3v) is 3.68. The predicted octanol–water partition coefficient (Wildman–Crippen LogP) is 2.23. The summed E-state index contributed by atoms with van der Waals surface area (Å²) >= 11 is 0. The highest BCUT2D eigenvalue weighted by molar-refractivity contribution is 5.94. The lowest BCUT2D eigenvalue weighted by Gasteiger charge is -2.24. The molecular weight excluding hydrogens is 276 g/mol. The van der Waals surface area contributed by atoms with Crippen molar-refractivity contribution < 1.29 is 4.79 Å². The zero-order chi connectivity index (χ0) is 16.1. The summed E-state index contributed by atoms with van der Waals surface area (Å²) in [6.45, 7) is 6.01. The fraction of sp³-hybridized carbons (Fsp3) is 0.412. The van der Waals surface area contributed by atoms with Crippen LogP contribution in [-0.2, 0) is 6.54 Å². The van der Waals surface area contributed by atoms with E-state index < -0.39 is 0 Å². The molecule has 1 amide bonds. The van der Waals surface area contributed by atoms with Crippen LogP contribution in [0.3, 0.4) is 0 Å². The highest BCUT2D eigenvalue weighted by Crippen LogP contribution is 2.12. The molecule has 0 atom stereocenters. The summed E-state index contributed by atoms with van der Waals surface area (Å²) in [4.78, 5) is 24.1. The molecule has 0 aliphatic heterocycles. The van der Waals surface area contributed by atoms with Gasteiger partial charge in [-0.15, -0.1) is 0 Å². The molecule has 1 aromatic carbocycles. The van der Waals surface area contributed by atoms with Gasteiger partial charge in [-0.3, -0.25) is 4.79 Å². The molecule has 1 N–H and O–H groups in total. The number of hydrogen-bond acceptors (Lipinski definition) is 3. The lowest BCUT2D eigenvalue weighted by atomic mass is 10.1. The number of nitrogens with zero attached hydrogens (tertiary/aromatic N) is 3. The highest BCUT2D eigenvalue weighted by atomic mass is 16.2. The van der Waals surface area contributed by atoms with Crippen molar-refractivity contribution in [2.24, 2.45) is 0 Å². The van der Waals surface area contributed by atoms with Crippen molar-refractivity contribution >= 4 is 5.91 Å². The first-order valence-electron chi connectivity index (χ1n) is 7.47. The minimum absolute atomic E-state index is 0.0456. The van der Waals surface area contributed by atoms with Crippen LogP contribution in [0.1, 0.15) is 27.3 Å². The molecule has 0 spiro atoms. The van der Waals surface area contributed by atoms with Gasteiger partial charge in [0.1, 0.15) is 0 Å². The normalized spacial score (nSPS) is 11.0. The molecule has 22 heavy (non-hydrogen) atoms. The van der Waals surface area contributed by atoms with Gasteiger partial charge in [0.25, 0.3) is 5.91 Å². The number of H-pyrrole nitrogens is 1. The van der Waals surface area contributed by atoms with Crippen molar-refractivity contribution in [3.8, 4) is 0 Å². The van der Waals surface area contributed by atoms with E-state index in [1.54, 1.807) is 6.33 Å². The molecule has 0 fully saturated rings. The van der Waals surface area contributed by atoms with Crippen LogP contribution < -0.4 is 0 Å². The van der Waals surface area contributed by atoms with Crippen molar-refractivity contribution in [2.75, 3.05) is 27.2 Å². The monoisotopic (exact) mass is 300 g/mol. The van der Waals surface area contributed by atoms with Gasteiger partial charge in [0.05, 0.1) is 18.6 Å². The topological polar surface area (TPSA) is 52.2 Å². The number of aromatic nitrogens is 2. The number of carbonyl (C=O) groups excluding carboxylic acids is 1. The number of nitrogens with one attached hydrogen (secondary N) is 1. The summed E-state index contributed by atoms with van der Waals surface area (Å²) < 4.78 is 0. The summed E-state index contributed by atoms with van der Waals surface area (Å²) in [6.07, 6.45) is 1.67. The Bertz CT molecular complexity index is 616. The van der Waals surface area contributed by atoms with Crippen LogP contribution >= 0.6 is 0 Å². The minimum atomic E-state index is 0.0456. The number of imidazole rings is 1. The molecule has 2 rings (SSSR count). The molecular formula is C17H24N4O. The molecule has 1 heterocycles. The Balaban J connectivity index is 2.17.